The fraction of sp³-hybridized carbons (Fsp3) is 0.200. The summed E-state index contributed by atoms with van der Waals surface area (Å²) in [6.07, 6.45) is 4.10. The minimum Gasteiger partial charge on any atom is -0.258 e. The maximum absolute atomic E-state index is 11.6. The van der Waals surface area contributed by atoms with Crippen molar-refractivity contribution in [1.82, 2.24) is 20.2 Å². The Morgan fingerprint density at radius 2 is 1.96 bits per heavy atom. The summed E-state index contributed by atoms with van der Waals surface area (Å²) in [5.41, 5.74) is 2.68. The van der Waals surface area contributed by atoms with Crippen molar-refractivity contribution >= 4 is 39.1 Å². The zero-order valence-corrected chi connectivity index (χ0v) is 16.0. The minimum absolute atomic E-state index is 0.131. The Labute approximate surface area is 165 Å². The number of non-ortho nitro benzene ring substituents is 1. The normalized spacial score (nSPS) is 12.4. The molecule has 4 rings (SSSR count). The second kappa shape index (κ2) is 7.09. The van der Waals surface area contributed by atoms with Gasteiger partial charge in [-0.25, -0.2) is 0 Å². The molecule has 0 aliphatic heterocycles. The Balaban J connectivity index is 2.22. The molecule has 2 heterocycles. The van der Waals surface area contributed by atoms with Crippen LogP contribution in [-0.4, -0.2) is 25.1 Å². The molecule has 2 aromatic carbocycles. The lowest BCUT2D eigenvalue weighted by Gasteiger charge is -2.08. The third-order valence-electron chi connectivity index (χ3n) is 4.90. The van der Waals surface area contributed by atoms with Crippen LogP contribution in [0.1, 0.15) is 31.9 Å². The molecule has 7 nitrogen and oxygen atoms in total. The monoisotopic (exact) mass is 393 g/mol. The summed E-state index contributed by atoms with van der Waals surface area (Å²) in [6.45, 7) is 4.14. The largest absolute Gasteiger partial charge is 0.298 e. The Morgan fingerprint density at radius 1 is 1.18 bits per heavy atom. The first kappa shape index (κ1) is 18.2. The van der Waals surface area contributed by atoms with Gasteiger partial charge in [0.1, 0.15) is 0 Å². The number of hydrogen-bond donors (Lipinski definition) is 0. The lowest BCUT2D eigenvalue weighted by Crippen LogP contribution is -1.95. The minimum atomic E-state index is -0.463. The number of nitro benzene ring substituents is 1. The molecule has 0 aliphatic rings. The van der Waals surface area contributed by atoms with Crippen LogP contribution in [0, 0.1) is 10.1 Å². The Kier molecular flexibility index (Phi) is 4.60. The van der Waals surface area contributed by atoms with Gasteiger partial charge in [0, 0.05) is 28.2 Å². The standard InChI is InChI=1S/C20H16ClN5O2/c1-3-11(2)16-10-22-18-13(19(24-16)12-6-4-5-7-15(12)21)8-17(26(27)28)20-14(18)9-23-25-20/h4-11H,3H2,1-2H3. The highest BCUT2D eigenvalue weighted by Crippen LogP contribution is 2.37. The van der Waals surface area contributed by atoms with Crippen LogP contribution in [0.25, 0.3) is 33.1 Å². The van der Waals surface area contributed by atoms with Crippen molar-refractivity contribution in [2.45, 2.75) is 26.2 Å². The van der Waals surface area contributed by atoms with Gasteiger partial charge in [-0.1, -0.05) is 43.6 Å². The lowest BCUT2D eigenvalue weighted by atomic mass is 10.0. The predicted molar refractivity (Wildman–Crippen MR) is 108 cm³/mol. The van der Waals surface area contributed by atoms with Crippen molar-refractivity contribution < 1.29 is 4.92 Å². The van der Waals surface area contributed by atoms with E-state index in [2.05, 4.69) is 29.0 Å². The van der Waals surface area contributed by atoms with Gasteiger partial charge in [0.2, 0.25) is 0 Å². The molecule has 0 N–H and O–H groups in total. The van der Waals surface area contributed by atoms with Crippen LogP contribution >= 0.6 is 11.6 Å². The molecule has 1 atom stereocenters. The summed E-state index contributed by atoms with van der Waals surface area (Å²) in [4.78, 5) is 20.6. The van der Waals surface area contributed by atoms with Crippen molar-refractivity contribution in [2.24, 2.45) is 0 Å². The molecule has 28 heavy (non-hydrogen) atoms. The average Bonchev–Trinajstić information content (AvgIpc) is 3.10. The van der Waals surface area contributed by atoms with Gasteiger partial charge < -0.3 is 0 Å². The third kappa shape index (κ3) is 2.93. The number of benzene rings is 2. The van der Waals surface area contributed by atoms with E-state index in [0.717, 1.165) is 12.1 Å². The highest BCUT2D eigenvalue weighted by atomic mass is 35.5. The number of fused-ring (bicyclic) bond motifs is 3. The zero-order valence-electron chi connectivity index (χ0n) is 15.3. The predicted octanol–water partition coefficient (Wildman–Crippen LogP) is 5.32. The van der Waals surface area contributed by atoms with E-state index < -0.39 is 4.92 Å². The van der Waals surface area contributed by atoms with Crippen molar-refractivity contribution in [2.75, 3.05) is 0 Å². The summed E-state index contributed by atoms with van der Waals surface area (Å²) in [5, 5.41) is 21.0. The van der Waals surface area contributed by atoms with E-state index in [-0.39, 0.29) is 17.1 Å². The molecule has 0 amide bonds. The molecular formula is C20H16ClN5O2. The number of nitro groups is 1. The molecule has 0 aliphatic carbocycles. The highest BCUT2D eigenvalue weighted by Gasteiger charge is 2.22. The molecular weight excluding hydrogens is 378 g/mol. The van der Waals surface area contributed by atoms with Gasteiger partial charge in [0.15, 0.2) is 5.52 Å². The van der Waals surface area contributed by atoms with Crippen LogP contribution in [0.5, 0.6) is 0 Å². The summed E-state index contributed by atoms with van der Waals surface area (Å²) in [7, 11) is 0. The van der Waals surface area contributed by atoms with Gasteiger partial charge in [-0.15, -0.1) is 5.10 Å². The SMILES string of the molecule is CCC(C)c1cnc2c(cc([N+](=O)[O-])c3nncc32)c(-c2ccccc2Cl)n1. The highest BCUT2D eigenvalue weighted by molar-refractivity contribution is 6.33. The number of rotatable bonds is 4. The van der Waals surface area contributed by atoms with Crippen LogP contribution in [0.15, 0.2) is 42.7 Å². The van der Waals surface area contributed by atoms with Gasteiger partial charge >= 0.3 is 0 Å². The second-order valence-corrected chi connectivity index (χ2v) is 7.00. The zero-order chi connectivity index (χ0) is 19.8. The van der Waals surface area contributed by atoms with Crippen LogP contribution in [-0.2, 0) is 0 Å². The van der Waals surface area contributed by atoms with E-state index in [9.17, 15) is 10.1 Å². The molecule has 1 unspecified atom stereocenters. The van der Waals surface area contributed by atoms with Crippen LogP contribution < -0.4 is 0 Å². The number of aromatic nitrogens is 4. The first-order valence-electron chi connectivity index (χ1n) is 8.85. The van der Waals surface area contributed by atoms with Gasteiger partial charge in [-0.3, -0.25) is 20.1 Å². The summed E-state index contributed by atoms with van der Waals surface area (Å²) >= 11 is 6.45. The van der Waals surface area contributed by atoms with E-state index in [0.29, 0.717) is 32.6 Å². The summed E-state index contributed by atoms with van der Waals surface area (Å²) < 4.78 is 0. The molecule has 2 aromatic heterocycles. The first-order chi connectivity index (χ1) is 13.5. The molecule has 140 valence electrons. The van der Waals surface area contributed by atoms with Crippen molar-refractivity contribution in [3.05, 3.63) is 63.6 Å². The second-order valence-electron chi connectivity index (χ2n) is 6.59. The maximum atomic E-state index is 11.6. The van der Waals surface area contributed by atoms with Crippen LogP contribution in [0.3, 0.4) is 0 Å². The Hall–Kier alpha value is -3.19. The Morgan fingerprint density at radius 3 is 2.68 bits per heavy atom. The number of hydrogen-bond acceptors (Lipinski definition) is 6. The number of nitrogens with zero attached hydrogens (tertiary/aromatic N) is 5. The van der Waals surface area contributed by atoms with Crippen molar-refractivity contribution in [1.29, 1.82) is 0 Å². The molecule has 0 radical (unpaired) electrons. The van der Waals surface area contributed by atoms with Gasteiger partial charge in [0.05, 0.1) is 33.4 Å². The first-order valence-corrected chi connectivity index (χ1v) is 9.23. The Bertz CT molecular complexity index is 1230. The van der Waals surface area contributed by atoms with Crippen molar-refractivity contribution in [3.8, 4) is 11.3 Å². The van der Waals surface area contributed by atoms with Gasteiger partial charge in [-0.05, 0) is 18.4 Å². The summed E-state index contributed by atoms with van der Waals surface area (Å²) in [6, 6.07) is 8.77. The van der Waals surface area contributed by atoms with E-state index in [4.69, 9.17) is 16.6 Å². The molecule has 0 saturated carbocycles. The van der Waals surface area contributed by atoms with E-state index in [1.165, 1.54) is 12.3 Å². The molecule has 0 fully saturated rings. The quantitative estimate of drug-likeness (QED) is 0.344. The average molecular weight is 394 g/mol. The van der Waals surface area contributed by atoms with E-state index in [1.807, 2.05) is 18.2 Å². The summed E-state index contributed by atoms with van der Waals surface area (Å²) in [5.74, 6) is 0.164. The molecule has 8 heteroatoms. The fourth-order valence-electron chi connectivity index (χ4n) is 3.15. The van der Waals surface area contributed by atoms with Gasteiger partial charge in [0.25, 0.3) is 5.69 Å². The third-order valence-corrected chi connectivity index (χ3v) is 5.23. The molecule has 0 saturated heterocycles. The van der Waals surface area contributed by atoms with Gasteiger partial charge in [-0.2, -0.15) is 5.10 Å². The van der Waals surface area contributed by atoms with Crippen molar-refractivity contribution in [3.63, 3.8) is 0 Å². The van der Waals surface area contributed by atoms with E-state index >= 15 is 0 Å². The molecule has 0 bridgehead atoms. The van der Waals surface area contributed by atoms with E-state index in [1.54, 1.807) is 12.3 Å². The maximum Gasteiger partial charge on any atom is 0.298 e. The molecule has 0 spiro atoms. The molecule has 4 aromatic rings. The topological polar surface area (TPSA) is 94.7 Å². The van der Waals surface area contributed by atoms with Crippen LogP contribution in [0.4, 0.5) is 5.69 Å². The van der Waals surface area contributed by atoms with Crippen LogP contribution in [0.2, 0.25) is 5.02 Å². The fourth-order valence-corrected chi connectivity index (χ4v) is 3.38. The number of halogens is 1. The smallest absolute Gasteiger partial charge is 0.258 e. The lowest BCUT2D eigenvalue weighted by molar-refractivity contribution is -0.383.